The first kappa shape index (κ1) is 9.82. The quantitative estimate of drug-likeness (QED) is 0.497. The molecule has 0 rings (SSSR count). The summed E-state index contributed by atoms with van der Waals surface area (Å²) in [4.78, 5) is 0. The molecular formula is C9H15NO. The van der Waals surface area contributed by atoms with Crippen LogP contribution in [0.1, 0.15) is 13.8 Å². The van der Waals surface area contributed by atoms with Crippen molar-refractivity contribution < 1.29 is 4.74 Å². The van der Waals surface area contributed by atoms with Gasteiger partial charge >= 0.3 is 0 Å². The second-order valence-electron chi connectivity index (χ2n) is 2.19. The Bertz CT molecular complexity index is 186. The van der Waals surface area contributed by atoms with E-state index < -0.39 is 0 Å². The third kappa shape index (κ3) is 5.27. The molecule has 0 saturated heterocycles. The molecule has 0 amide bonds. The van der Waals surface area contributed by atoms with Gasteiger partial charge in [-0.05, 0) is 26.0 Å². The Morgan fingerprint density at radius 3 is 2.45 bits per heavy atom. The lowest BCUT2D eigenvalue weighted by molar-refractivity contribution is 0.306. The topological polar surface area (TPSA) is 35.2 Å². The van der Waals surface area contributed by atoms with E-state index in [0.29, 0.717) is 0 Å². The largest absolute Gasteiger partial charge is 0.497 e. The van der Waals surface area contributed by atoms with Gasteiger partial charge in [0.15, 0.2) is 0 Å². The SMILES string of the molecule is C\C=C/C=C(\C=C(/C)N)OC. The molecule has 2 heteroatoms. The third-order valence-corrected chi connectivity index (χ3v) is 1.06. The van der Waals surface area contributed by atoms with Crippen LogP contribution in [0.3, 0.4) is 0 Å². The van der Waals surface area contributed by atoms with Crippen LogP contribution in [0.25, 0.3) is 0 Å². The average molecular weight is 153 g/mol. The van der Waals surface area contributed by atoms with Gasteiger partial charge in [-0.25, -0.2) is 0 Å². The van der Waals surface area contributed by atoms with Gasteiger partial charge in [-0.2, -0.15) is 0 Å². The first-order valence-electron chi connectivity index (χ1n) is 3.51. The highest BCUT2D eigenvalue weighted by Crippen LogP contribution is 1.99. The zero-order valence-corrected chi connectivity index (χ0v) is 7.29. The fraction of sp³-hybridized carbons (Fsp3) is 0.333. The minimum Gasteiger partial charge on any atom is -0.497 e. The van der Waals surface area contributed by atoms with Gasteiger partial charge in [-0.15, -0.1) is 0 Å². The average Bonchev–Trinajstić information content (AvgIpc) is 1.97. The Morgan fingerprint density at radius 1 is 1.45 bits per heavy atom. The van der Waals surface area contributed by atoms with Gasteiger partial charge in [0, 0.05) is 5.70 Å². The van der Waals surface area contributed by atoms with E-state index >= 15 is 0 Å². The second kappa shape index (κ2) is 5.59. The fourth-order valence-electron chi connectivity index (χ4n) is 0.591. The lowest BCUT2D eigenvalue weighted by atomic mass is 10.3. The van der Waals surface area contributed by atoms with Crippen molar-refractivity contribution in [1.29, 1.82) is 0 Å². The Morgan fingerprint density at radius 2 is 2.09 bits per heavy atom. The summed E-state index contributed by atoms with van der Waals surface area (Å²) in [6.45, 7) is 3.77. The number of nitrogens with two attached hydrogens (primary N) is 1. The number of hydrogen-bond donors (Lipinski definition) is 1. The molecular weight excluding hydrogens is 138 g/mol. The van der Waals surface area contributed by atoms with Crippen molar-refractivity contribution in [2.24, 2.45) is 5.73 Å². The first-order valence-corrected chi connectivity index (χ1v) is 3.51. The van der Waals surface area contributed by atoms with Crippen LogP contribution in [0.4, 0.5) is 0 Å². The molecule has 0 aliphatic rings. The fourth-order valence-corrected chi connectivity index (χ4v) is 0.591. The lowest BCUT2D eigenvalue weighted by Crippen LogP contribution is -1.92. The Labute approximate surface area is 68.0 Å². The predicted octanol–water partition coefficient (Wildman–Crippen LogP) is 1.96. The van der Waals surface area contributed by atoms with E-state index in [1.807, 2.05) is 32.1 Å². The van der Waals surface area contributed by atoms with Crippen LogP contribution < -0.4 is 5.73 Å². The van der Waals surface area contributed by atoms with Crippen molar-refractivity contribution in [3.63, 3.8) is 0 Å². The molecule has 0 saturated carbocycles. The van der Waals surface area contributed by atoms with Gasteiger partial charge in [0.05, 0.1) is 7.11 Å². The van der Waals surface area contributed by atoms with Crippen molar-refractivity contribution in [3.8, 4) is 0 Å². The lowest BCUT2D eigenvalue weighted by Gasteiger charge is -1.98. The summed E-state index contributed by atoms with van der Waals surface area (Å²) in [5.74, 6) is 0.767. The second-order valence-corrected chi connectivity index (χ2v) is 2.19. The van der Waals surface area contributed by atoms with Crippen LogP contribution in [-0.2, 0) is 4.74 Å². The van der Waals surface area contributed by atoms with Gasteiger partial charge in [0.2, 0.25) is 0 Å². The molecule has 0 aliphatic heterocycles. The van der Waals surface area contributed by atoms with Crippen LogP contribution in [0.15, 0.2) is 35.8 Å². The van der Waals surface area contributed by atoms with Gasteiger partial charge in [-0.3, -0.25) is 0 Å². The Kier molecular flexibility index (Phi) is 4.99. The number of hydrogen-bond acceptors (Lipinski definition) is 2. The zero-order chi connectivity index (χ0) is 8.69. The first-order chi connectivity index (χ1) is 5.20. The van der Waals surface area contributed by atoms with E-state index in [4.69, 9.17) is 10.5 Å². The van der Waals surface area contributed by atoms with E-state index in [1.54, 1.807) is 13.2 Å². The molecule has 0 aromatic rings. The third-order valence-electron chi connectivity index (χ3n) is 1.06. The summed E-state index contributed by atoms with van der Waals surface area (Å²) < 4.78 is 5.02. The van der Waals surface area contributed by atoms with Crippen molar-refractivity contribution in [3.05, 3.63) is 35.8 Å². The molecule has 0 fully saturated rings. The van der Waals surface area contributed by atoms with Gasteiger partial charge in [-0.1, -0.05) is 12.2 Å². The monoisotopic (exact) mass is 153 g/mol. The van der Waals surface area contributed by atoms with Crippen molar-refractivity contribution in [2.75, 3.05) is 7.11 Å². The summed E-state index contributed by atoms with van der Waals surface area (Å²) in [5.41, 5.74) is 6.20. The molecule has 0 aromatic carbocycles. The number of ether oxygens (including phenoxy) is 1. The maximum absolute atomic E-state index is 5.46. The highest BCUT2D eigenvalue weighted by molar-refractivity contribution is 5.20. The highest BCUT2D eigenvalue weighted by atomic mass is 16.5. The highest BCUT2D eigenvalue weighted by Gasteiger charge is 1.86. The van der Waals surface area contributed by atoms with E-state index in [1.165, 1.54) is 0 Å². The minimum absolute atomic E-state index is 0.739. The maximum Gasteiger partial charge on any atom is 0.120 e. The Balaban J connectivity index is 4.28. The summed E-state index contributed by atoms with van der Waals surface area (Å²) in [6, 6.07) is 0. The van der Waals surface area contributed by atoms with Crippen molar-refractivity contribution >= 4 is 0 Å². The summed E-state index contributed by atoms with van der Waals surface area (Å²) in [6.07, 6.45) is 7.47. The van der Waals surface area contributed by atoms with Gasteiger partial charge in [0.1, 0.15) is 5.76 Å². The minimum atomic E-state index is 0.739. The van der Waals surface area contributed by atoms with Crippen LogP contribution in [0.2, 0.25) is 0 Å². The van der Waals surface area contributed by atoms with E-state index in [2.05, 4.69) is 0 Å². The zero-order valence-electron chi connectivity index (χ0n) is 7.29. The molecule has 0 bridgehead atoms. The normalized spacial score (nSPS) is 14.1. The number of methoxy groups -OCH3 is 1. The smallest absolute Gasteiger partial charge is 0.120 e. The standard InChI is InChI=1S/C9H15NO/c1-4-5-6-9(11-3)7-8(2)10/h4-7H,10H2,1-3H3/b5-4-,8-7+,9-6+. The molecule has 0 heterocycles. The molecule has 62 valence electrons. The van der Waals surface area contributed by atoms with Crippen molar-refractivity contribution in [1.82, 2.24) is 0 Å². The van der Waals surface area contributed by atoms with Gasteiger partial charge < -0.3 is 10.5 Å². The molecule has 11 heavy (non-hydrogen) atoms. The van der Waals surface area contributed by atoms with E-state index in [-0.39, 0.29) is 0 Å². The van der Waals surface area contributed by atoms with Crippen LogP contribution >= 0.6 is 0 Å². The van der Waals surface area contributed by atoms with Crippen LogP contribution in [-0.4, -0.2) is 7.11 Å². The van der Waals surface area contributed by atoms with Gasteiger partial charge in [0.25, 0.3) is 0 Å². The van der Waals surface area contributed by atoms with Crippen LogP contribution in [0, 0.1) is 0 Å². The molecule has 0 aromatic heterocycles. The van der Waals surface area contributed by atoms with E-state index in [0.717, 1.165) is 11.5 Å². The number of allylic oxidation sites excluding steroid dienone is 5. The molecule has 0 aliphatic carbocycles. The summed E-state index contributed by atoms with van der Waals surface area (Å²) in [7, 11) is 1.62. The molecule has 0 unspecified atom stereocenters. The summed E-state index contributed by atoms with van der Waals surface area (Å²) >= 11 is 0. The summed E-state index contributed by atoms with van der Waals surface area (Å²) in [5, 5.41) is 0. The maximum atomic E-state index is 5.46. The molecule has 0 spiro atoms. The van der Waals surface area contributed by atoms with Crippen molar-refractivity contribution in [2.45, 2.75) is 13.8 Å². The molecule has 2 nitrogen and oxygen atoms in total. The predicted molar refractivity (Wildman–Crippen MR) is 47.9 cm³/mol. The molecule has 0 atom stereocenters. The Hall–Kier alpha value is -1.18. The molecule has 2 N–H and O–H groups in total. The number of rotatable bonds is 3. The molecule has 0 radical (unpaired) electrons. The van der Waals surface area contributed by atoms with Crippen LogP contribution in [0.5, 0.6) is 0 Å². The van der Waals surface area contributed by atoms with E-state index in [9.17, 15) is 0 Å².